The molecule has 16 aromatic carbocycles. The van der Waals surface area contributed by atoms with Crippen molar-refractivity contribution in [3.63, 3.8) is 0 Å². The molecular weight excluding hydrogens is 1230 g/mol. The first-order valence-corrected chi connectivity index (χ1v) is 35.0. The van der Waals surface area contributed by atoms with Crippen LogP contribution in [-0.4, -0.2) is 9.97 Å². The second-order valence-electron chi connectivity index (χ2n) is 26.6. The van der Waals surface area contributed by atoms with Crippen LogP contribution in [0.4, 0.5) is 34.3 Å². The maximum atomic E-state index is 5.44. The van der Waals surface area contributed by atoms with Crippen LogP contribution < -0.4 is 9.80 Å². The van der Waals surface area contributed by atoms with E-state index in [-0.39, 0.29) is 0 Å². The van der Waals surface area contributed by atoms with Gasteiger partial charge in [-0.3, -0.25) is 9.88 Å². The monoisotopic (exact) mass is 1290 g/mol. The highest BCUT2D eigenvalue weighted by atomic mass is 15.2. The number of hydrogen-bond acceptors (Lipinski definition) is 4. The second kappa shape index (κ2) is 24.2. The van der Waals surface area contributed by atoms with Crippen LogP contribution in [0.5, 0.6) is 0 Å². The van der Waals surface area contributed by atoms with Crippen molar-refractivity contribution in [2.24, 2.45) is 0 Å². The Morgan fingerprint density at radius 2 is 0.549 bits per heavy atom. The molecule has 0 spiro atoms. The van der Waals surface area contributed by atoms with Gasteiger partial charge < -0.3 is 4.90 Å². The molecule has 18 aromatic rings. The fourth-order valence-corrected chi connectivity index (χ4v) is 16.8. The van der Waals surface area contributed by atoms with Crippen LogP contribution in [-0.2, 0) is 0 Å². The summed E-state index contributed by atoms with van der Waals surface area (Å²) >= 11 is 0. The highest BCUT2D eigenvalue weighted by Crippen LogP contribution is 2.61. The van der Waals surface area contributed by atoms with Gasteiger partial charge in [0.1, 0.15) is 5.82 Å². The molecule has 0 unspecified atom stereocenters. The fourth-order valence-electron chi connectivity index (χ4n) is 16.8. The number of rotatable bonds is 13. The Labute approximate surface area is 592 Å². The summed E-state index contributed by atoms with van der Waals surface area (Å²) in [7, 11) is 0. The van der Waals surface area contributed by atoms with E-state index in [4.69, 9.17) is 4.98 Å². The summed E-state index contributed by atoms with van der Waals surface area (Å²) in [4.78, 5) is 14.6. The highest BCUT2D eigenvalue weighted by molar-refractivity contribution is 6.31. The average molecular weight is 1300 g/mol. The summed E-state index contributed by atoms with van der Waals surface area (Å²) in [6.07, 6.45) is 5.82. The van der Waals surface area contributed by atoms with Crippen molar-refractivity contribution in [1.29, 1.82) is 0 Å². The summed E-state index contributed by atoms with van der Waals surface area (Å²) in [5, 5.41) is 9.88. The summed E-state index contributed by atoms with van der Waals surface area (Å²) in [6, 6.07) is 131. The Balaban J connectivity index is 0.708. The van der Waals surface area contributed by atoms with Gasteiger partial charge in [0, 0.05) is 40.7 Å². The predicted molar refractivity (Wildman–Crippen MR) is 428 cm³/mol. The molecule has 0 saturated heterocycles. The molecule has 4 heteroatoms. The lowest BCUT2D eigenvalue weighted by Gasteiger charge is -2.25. The Bertz CT molecular complexity index is 6190. The van der Waals surface area contributed by atoms with E-state index in [9.17, 15) is 0 Å². The molecule has 102 heavy (non-hydrogen) atoms. The molecule has 0 aliphatic heterocycles. The van der Waals surface area contributed by atoms with Crippen LogP contribution in [0.25, 0.3) is 165 Å². The fraction of sp³-hybridized carbons (Fsp3) is 0. The lowest BCUT2D eigenvalue weighted by atomic mass is 9.82. The Morgan fingerprint density at radius 1 is 0.186 bits per heavy atom. The molecule has 2 aliphatic rings. The van der Waals surface area contributed by atoms with Gasteiger partial charge in [-0.1, -0.05) is 279 Å². The van der Waals surface area contributed by atoms with Gasteiger partial charge in [0.15, 0.2) is 0 Å². The number of benzene rings is 16. The van der Waals surface area contributed by atoms with Crippen molar-refractivity contribution in [1.82, 2.24) is 9.97 Å². The normalized spacial score (nSPS) is 11.7. The van der Waals surface area contributed by atoms with Crippen molar-refractivity contribution in [3.8, 4) is 122 Å². The minimum absolute atomic E-state index is 0.820. The van der Waals surface area contributed by atoms with Crippen molar-refractivity contribution in [3.05, 3.63) is 377 Å². The van der Waals surface area contributed by atoms with Crippen LogP contribution in [0.3, 0.4) is 0 Å². The van der Waals surface area contributed by atoms with Crippen molar-refractivity contribution < 1.29 is 0 Å². The number of para-hydroxylation sites is 2. The quantitative estimate of drug-likeness (QED) is 0.115. The first kappa shape index (κ1) is 58.6. The lowest BCUT2D eigenvalue weighted by molar-refractivity contribution is 1.18. The molecule has 0 N–H and O–H groups in total. The molecule has 0 fully saturated rings. The molecule has 0 amide bonds. The maximum Gasteiger partial charge on any atom is 0.137 e. The smallest absolute Gasteiger partial charge is 0.137 e. The summed E-state index contributed by atoms with van der Waals surface area (Å²) < 4.78 is 0. The number of aromatic nitrogens is 2. The predicted octanol–water partition coefficient (Wildman–Crippen LogP) is 27.0. The zero-order chi connectivity index (χ0) is 67.2. The molecule has 0 bridgehead atoms. The van der Waals surface area contributed by atoms with E-state index in [0.717, 1.165) is 56.5 Å². The zero-order valence-corrected chi connectivity index (χ0v) is 55.6. The number of fused-ring (bicyclic) bond motifs is 8. The maximum absolute atomic E-state index is 5.44. The molecule has 474 valence electrons. The first-order valence-electron chi connectivity index (χ1n) is 35.0. The standard InChI is InChI=1S/C98H62N4/c1-7-26-63(27-8-1)89-80-43-19-20-44-81(80)90(64-28-9-2-10-29-64)97-85-54-53-77(79-45-23-47-83(93(79)85)95(89)97)69-35-22-41-74(59-69)102(72-38-17-6-18-39-72)88-56-50-70(61-100-88)67-49-51-82-87(60-67)92(66-32-13-4-14-33-66)96-84-48-24-46-78-76(52-55-86(94(78)84)98(96)91(82)65-30-11-3-12-31-65)68-34-21-40-73(58-68)101(71-36-15-5-16-37-71)75-42-25-57-99-62-75/h1-62H. The van der Waals surface area contributed by atoms with Gasteiger partial charge in [-0.05, 0) is 239 Å². The van der Waals surface area contributed by atoms with Crippen molar-refractivity contribution in [2.45, 2.75) is 0 Å². The second-order valence-corrected chi connectivity index (χ2v) is 26.6. The Kier molecular flexibility index (Phi) is 13.9. The molecule has 2 heterocycles. The highest BCUT2D eigenvalue weighted by Gasteiger charge is 2.34. The molecule has 2 aromatic heterocycles. The van der Waals surface area contributed by atoms with E-state index in [0.29, 0.717) is 0 Å². The molecule has 4 nitrogen and oxygen atoms in total. The van der Waals surface area contributed by atoms with Gasteiger partial charge >= 0.3 is 0 Å². The van der Waals surface area contributed by atoms with E-state index in [2.05, 4.69) is 373 Å². The third kappa shape index (κ3) is 9.45. The van der Waals surface area contributed by atoms with Gasteiger partial charge in [-0.25, -0.2) is 4.98 Å². The molecule has 2 aliphatic carbocycles. The minimum atomic E-state index is 0.820. The van der Waals surface area contributed by atoms with Gasteiger partial charge in [0.2, 0.25) is 0 Å². The first-order chi connectivity index (χ1) is 50.7. The van der Waals surface area contributed by atoms with Crippen LogP contribution in [0, 0.1) is 0 Å². The summed E-state index contributed by atoms with van der Waals surface area (Å²) in [6.45, 7) is 0. The van der Waals surface area contributed by atoms with Gasteiger partial charge in [-0.15, -0.1) is 0 Å². The third-order valence-electron chi connectivity index (χ3n) is 21.0. The average Bonchev–Trinajstić information content (AvgIpc) is 1.53. The SMILES string of the molecule is c1ccc(-c2c3c(c(-c4ccccc4)c4ccccc24)-c2ccc(-c4cccc(N(c5ccccc5)c5ccc(-c6ccc7c(-c8ccccc8)c8c(c(-c9ccccc9)c7c6)-c6cccc7c(-c9cccc(N(c%10ccccc%10)c%10cccnc%10)c9)ccc-8c67)cn5)c4)c4cccc-3c24)cc1. The van der Waals surface area contributed by atoms with Crippen LogP contribution >= 0.6 is 0 Å². The van der Waals surface area contributed by atoms with E-state index in [1.807, 2.05) is 18.5 Å². The van der Waals surface area contributed by atoms with Gasteiger partial charge in [-0.2, -0.15) is 0 Å². The Hall–Kier alpha value is -13.5. The van der Waals surface area contributed by atoms with Crippen molar-refractivity contribution in [2.75, 3.05) is 9.80 Å². The topological polar surface area (TPSA) is 32.3 Å². The number of nitrogens with zero attached hydrogens (tertiary/aromatic N) is 4. The summed E-state index contributed by atoms with van der Waals surface area (Å²) in [5.41, 5.74) is 31.8. The third-order valence-corrected chi connectivity index (χ3v) is 21.0. The van der Waals surface area contributed by atoms with Gasteiger partial charge in [0.05, 0.1) is 11.9 Å². The number of pyridine rings is 2. The molecule has 20 rings (SSSR count). The molecule has 0 saturated carbocycles. The molecule has 0 atom stereocenters. The van der Waals surface area contributed by atoms with Crippen LogP contribution in [0.15, 0.2) is 377 Å². The lowest BCUT2D eigenvalue weighted by Crippen LogP contribution is -2.11. The van der Waals surface area contributed by atoms with E-state index >= 15 is 0 Å². The van der Waals surface area contributed by atoms with E-state index in [1.165, 1.54) is 143 Å². The zero-order valence-electron chi connectivity index (χ0n) is 55.6. The minimum Gasteiger partial charge on any atom is -0.309 e. The molecule has 0 radical (unpaired) electrons. The van der Waals surface area contributed by atoms with Crippen LogP contribution in [0.1, 0.15) is 0 Å². The number of anilines is 6. The van der Waals surface area contributed by atoms with Gasteiger partial charge in [0.25, 0.3) is 0 Å². The molecular formula is C98H62N4. The largest absolute Gasteiger partial charge is 0.309 e. The van der Waals surface area contributed by atoms with E-state index < -0.39 is 0 Å². The number of hydrogen-bond donors (Lipinski definition) is 0. The Morgan fingerprint density at radius 3 is 1.01 bits per heavy atom. The summed E-state index contributed by atoms with van der Waals surface area (Å²) in [5.74, 6) is 0.820. The van der Waals surface area contributed by atoms with Crippen LogP contribution in [0.2, 0.25) is 0 Å². The van der Waals surface area contributed by atoms with E-state index in [1.54, 1.807) is 0 Å². The van der Waals surface area contributed by atoms with Crippen molar-refractivity contribution >= 4 is 77.3 Å².